The lowest BCUT2D eigenvalue weighted by atomic mass is 10.3. The third-order valence-electron chi connectivity index (χ3n) is 3.06. The van der Waals surface area contributed by atoms with Crippen molar-refractivity contribution in [3.8, 4) is 5.75 Å². The van der Waals surface area contributed by atoms with Crippen molar-refractivity contribution in [3.05, 3.63) is 66.2 Å². The van der Waals surface area contributed by atoms with Gasteiger partial charge in [0.1, 0.15) is 5.75 Å². The second-order valence-electron chi connectivity index (χ2n) is 4.45. The van der Waals surface area contributed by atoms with Gasteiger partial charge in [0, 0.05) is 0 Å². The molecule has 0 heterocycles. The Labute approximate surface area is 135 Å². The summed E-state index contributed by atoms with van der Waals surface area (Å²) in [5.41, 5.74) is 0.417. The molecule has 0 saturated heterocycles. The summed E-state index contributed by atoms with van der Waals surface area (Å²) in [4.78, 5) is 0.162. The molecule has 0 aliphatic rings. The molecule has 2 aromatic carbocycles. The fourth-order valence-electron chi connectivity index (χ4n) is 1.97. The number of benzene rings is 2. The molecule has 0 N–H and O–H groups in total. The van der Waals surface area contributed by atoms with E-state index in [0.29, 0.717) is 16.5 Å². The van der Waals surface area contributed by atoms with Crippen LogP contribution in [-0.2, 0) is 10.0 Å². The van der Waals surface area contributed by atoms with Crippen molar-refractivity contribution in [2.75, 3.05) is 18.0 Å². The first-order valence-corrected chi connectivity index (χ1v) is 8.34. The number of rotatable bonds is 6. The Balaban J connectivity index is 2.50. The Bertz CT molecular complexity index is 757. The summed E-state index contributed by atoms with van der Waals surface area (Å²) in [6.07, 6.45) is 1.52. The zero-order valence-corrected chi connectivity index (χ0v) is 13.6. The summed E-state index contributed by atoms with van der Waals surface area (Å²) in [7, 11) is -2.22. The maximum absolute atomic E-state index is 12.9. The number of hydrogen-bond donors (Lipinski definition) is 0. The molecule has 0 spiro atoms. The lowest BCUT2D eigenvalue weighted by Crippen LogP contribution is -2.31. The van der Waals surface area contributed by atoms with Crippen LogP contribution in [-0.4, -0.2) is 22.1 Å². The first-order chi connectivity index (χ1) is 10.5. The summed E-state index contributed by atoms with van der Waals surface area (Å²) in [6, 6.07) is 13.0. The van der Waals surface area contributed by atoms with E-state index in [2.05, 4.69) is 6.58 Å². The number of halogens is 1. The fraction of sp³-hybridized carbons (Fsp3) is 0.125. The standard InChI is InChI=1S/C16H16ClNO3S/c1-3-12-18(16-7-5-4-6-15(16)17)22(19,20)14-10-8-13(21-2)9-11-14/h3-11H,1,12H2,2H3. The van der Waals surface area contributed by atoms with Gasteiger partial charge in [0.2, 0.25) is 0 Å². The monoisotopic (exact) mass is 337 g/mol. The number of para-hydroxylation sites is 1. The third kappa shape index (κ3) is 3.26. The van der Waals surface area contributed by atoms with Gasteiger partial charge in [0.25, 0.3) is 10.0 Å². The van der Waals surface area contributed by atoms with Crippen LogP contribution < -0.4 is 9.04 Å². The van der Waals surface area contributed by atoms with Crippen LogP contribution in [0.5, 0.6) is 5.75 Å². The molecular weight excluding hydrogens is 322 g/mol. The first kappa shape index (κ1) is 16.4. The van der Waals surface area contributed by atoms with Gasteiger partial charge in [-0.05, 0) is 36.4 Å². The van der Waals surface area contributed by atoms with Gasteiger partial charge in [-0.15, -0.1) is 6.58 Å². The van der Waals surface area contributed by atoms with Gasteiger partial charge in [-0.1, -0.05) is 29.8 Å². The number of sulfonamides is 1. The zero-order valence-electron chi connectivity index (χ0n) is 12.1. The summed E-state index contributed by atoms with van der Waals surface area (Å²) in [5, 5.41) is 0.362. The number of nitrogens with zero attached hydrogens (tertiary/aromatic N) is 1. The fourth-order valence-corrected chi connectivity index (χ4v) is 3.71. The van der Waals surface area contributed by atoms with Crippen molar-refractivity contribution in [3.63, 3.8) is 0 Å². The highest BCUT2D eigenvalue weighted by atomic mass is 35.5. The van der Waals surface area contributed by atoms with Crippen LogP contribution in [0.25, 0.3) is 0 Å². The van der Waals surface area contributed by atoms with Crippen molar-refractivity contribution < 1.29 is 13.2 Å². The van der Waals surface area contributed by atoms with Crippen LogP contribution in [0.15, 0.2) is 66.1 Å². The third-order valence-corrected chi connectivity index (χ3v) is 5.18. The van der Waals surface area contributed by atoms with Crippen LogP contribution in [0.1, 0.15) is 0 Å². The molecule has 6 heteroatoms. The molecule has 116 valence electrons. The molecule has 0 amide bonds. The molecule has 22 heavy (non-hydrogen) atoms. The second-order valence-corrected chi connectivity index (χ2v) is 6.72. The van der Waals surface area contributed by atoms with Gasteiger partial charge in [-0.25, -0.2) is 8.42 Å². The Kier molecular flexibility index (Phi) is 5.11. The van der Waals surface area contributed by atoms with Crippen molar-refractivity contribution >= 4 is 27.3 Å². The molecule has 0 atom stereocenters. The summed E-state index contributed by atoms with van der Waals surface area (Å²) >= 11 is 6.14. The molecule has 2 aromatic rings. The summed E-state index contributed by atoms with van der Waals surface area (Å²) in [5.74, 6) is 0.590. The maximum atomic E-state index is 12.9. The average molecular weight is 338 g/mol. The topological polar surface area (TPSA) is 46.6 Å². The smallest absolute Gasteiger partial charge is 0.264 e. The van der Waals surface area contributed by atoms with E-state index in [1.165, 1.54) is 29.6 Å². The zero-order chi connectivity index (χ0) is 16.2. The van der Waals surface area contributed by atoms with Gasteiger partial charge < -0.3 is 4.74 Å². The highest BCUT2D eigenvalue weighted by molar-refractivity contribution is 7.92. The van der Waals surface area contributed by atoms with E-state index in [1.807, 2.05) is 0 Å². The van der Waals surface area contributed by atoms with E-state index < -0.39 is 10.0 Å². The van der Waals surface area contributed by atoms with Crippen LogP contribution >= 0.6 is 11.6 Å². The SMILES string of the molecule is C=CCN(c1ccccc1Cl)S(=O)(=O)c1ccc(OC)cc1. The molecule has 2 rings (SSSR count). The van der Waals surface area contributed by atoms with Gasteiger partial charge in [-0.2, -0.15) is 0 Å². The molecule has 0 aliphatic carbocycles. The van der Waals surface area contributed by atoms with E-state index in [-0.39, 0.29) is 11.4 Å². The predicted molar refractivity (Wildman–Crippen MR) is 89.2 cm³/mol. The number of methoxy groups -OCH3 is 1. The van der Waals surface area contributed by atoms with Crippen LogP contribution in [0.2, 0.25) is 5.02 Å². The van der Waals surface area contributed by atoms with Gasteiger partial charge >= 0.3 is 0 Å². The number of hydrogen-bond acceptors (Lipinski definition) is 3. The molecule has 0 aliphatic heterocycles. The average Bonchev–Trinajstić information content (AvgIpc) is 2.53. The van der Waals surface area contributed by atoms with Crippen molar-refractivity contribution in [1.82, 2.24) is 0 Å². The van der Waals surface area contributed by atoms with E-state index >= 15 is 0 Å². The molecule has 0 unspecified atom stereocenters. The molecule has 4 nitrogen and oxygen atoms in total. The lowest BCUT2D eigenvalue weighted by Gasteiger charge is -2.24. The highest BCUT2D eigenvalue weighted by Gasteiger charge is 2.25. The Morgan fingerprint density at radius 3 is 2.36 bits per heavy atom. The molecule has 0 bridgehead atoms. The van der Waals surface area contributed by atoms with E-state index in [1.54, 1.807) is 36.4 Å². The number of anilines is 1. The molecule has 0 fully saturated rings. The lowest BCUT2D eigenvalue weighted by molar-refractivity contribution is 0.414. The van der Waals surface area contributed by atoms with Gasteiger partial charge in [-0.3, -0.25) is 4.31 Å². The predicted octanol–water partition coefficient (Wildman–Crippen LogP) is 3.73. The minimum Gasteiger partial charge on any atom is -0.497 e. The molecule has 0 radical (unpaired) electrons. The normalized spacial score (nSPS) is 11.0. The van der Waals surface area contributed by atoms with Crippen molar-refractivity contribution in [1.29, 1.82) is 0 Å². The first-order valence-electron chi connectivity index (χ1n) is 6.53. The van der Waals surface area contributed by atoms with Gasteiger partial charge in [0.15, 0.2) is 0 Å². The molecule has 0 saturated carbocycles. The minimum atomic E-state index is -3.74. The molecular formula is C16H16ClNO3S. The summed E-state index contributed by atoms with van der Waals surface area (Å²) < 4.78 is 32.0. The Hall–Kier alpha value is -1.98. The van der Waals surface area contributed by atoms with Crippen LogP contribution in [0, 0.1) is 0 Å². The van der Waals surface area contributed by atoms with Gasteiger partial charge in [0.05, 0.1) is 29.3 Å². The maximum Gasteiger partial charge on any atom is 0.264 e. The van der Waals surface area contributed by atoms with E-state index in [4.69, 9.17) is 16.3 Å². The molecule has 0 aromatic heterocycles. The van der Waals surface area contributed by atoms with E-state index in [9.17, 15) is 8.42 Å². The quantitative estimate of drug-likeness (QED) is 0.754. The van der Waals surface area contributed by atoms with Crippen LogP contribution in [0.4, 0.5) is 5.69 Å². The highest BCUT2D eigenvalue weighted by Crippen LogP contribution is 2.30. The van der Waals surface area contributed by atoms with Crippen molar-refractivity contribution in [2.45, 2.75) is 4.90 Å². The number of ether oxygens (including phenoxy) is 1. The Morgan fingerprint density at radius 1 is 1.18 bits per heavy atom. The Morgan fingerprint density at radius 2 is 1.82 bits per heavy atom. The van der Waals surface area contributed by atoms with E-state index in [0.717, 1.165) is 0 Å². The second kappa shape index (κ2) is 6.85. The largest absolute Gasteiger partial charge is 0.497 e. The van der Waals surface area contributed by atoms with Crippen molar-refractivity contribution in [2.24, 2.45) is 0 Å². The van der Waals surface area contributed by atoms with Crippen LogP contribution in [0.3, 0.4) is 0 Å². The minimum absolute atomic E-state index is 0.123. The summed E-state index contributed by atoms with van der Waals surface area (Å²) in [6.45, 7) is 3.74.